The van der Waals surface area contributed by atoms with Crippen molar-refractivity contribution in [2.75, 3.05) is 17.7 Å². The molecule has 2 N–H and O–H groups in total. The highest BCUT2D eigenvalue weighted by Gasteiger charge is 2.24. The molecule has 0 amide bonds. The molecule has 0 saturated carbocycles. The van der Waals surface area contributed by atoms with Crippen LogP contribution in [0.15, 0.2) is 57.5 Å². The Bertz CT molecular complexity index is 1040. The highest BCUT2D eigenvalue weighted by molar-refractivity contribution is 9.11. The lowest BCUT2D eigenvalue weighted by atomic mass is 10.0. The maximum atomic E-state index is 12.5. The molecule has 0 atom stereocenters. The summed E-state index contributed by atoms with van der Waals surface area (Å²) in [6.07, 6.45) is 0. The molecule has 0 saturated heterocycles. The van der Waals surface area contributed by atoms with E-state index < -0.39 is 5.97 Å². The molecule has 0 fully saturated rings. The molecule has 0 spiro atoms. The molecule has 1 aromatic heterocycles. The number of thiophene rings is 1. The van der Waals surface area contributed by atoms with Gasteiger partial charge in [0, 0.05) is 19.4 Å². The summed E-state index contributed by atoms with van der Waals surface area (Å²) in [6, 6.07) is 15.5. The fraction of sp³-hybridized carbons (Fsp3) is 0.100. The van der Waals surface area contributed by atoms with Crippen molar-refractivity contribution in [3.63, 3.8) is 0 Å². The van der Waals surface area contributed by atoms with E-state index in [9.17, 15) is 4.79 Å². The van der Waals surface area contributed by atoms with Crippen molar-refractivity contribution in [3.8, 4) is 11.1 Å². The van der Waals surface area contributed by atoms with Crippen molar-refractivity contribution in [3.05, 3.63) is 67.9 Å². The summed E-state index contributed by atoms with van der Waals surface area (Å²) in [7, 11) is 1.38. The Morgan fingerprint density at radius 3 is 2.46 bits per heavy atom. The molecule has 144 valence electrons. The SMILES string of the molecule is COC(=O)c1c(NC(=S)Nc2ccc(Br)cc2Br)sc(C)c1-c1ccccc1. The van der Waals surface area contributed by atoms with E-state index in [1.807, 2.05) is 55.5 Å². The van der Waals surface area contributed by atoms with Crippen LogP contribution < -0.4 is 10.6 Å². The van der Waals surface area contributed by atoms with Crippen LogP contribution in [0, 0.1) is 6.92 Å². The minimum absolute atomic E-state index is 0.383. The van der Waals surface area contributed by atoms with Crippen LogP contribution >= 0.6 is 55.4 Å². The number of carbonyl (C=O) groups excluding carboxylic acids is 1. The second-order valence-corrected chi connectivity index (χ2v) is 9.20. The van der Waals surface area contributed by atoms with Crippen molar-refractivity contribution in [1.82, 2.24) is 0 Å². The summed E-state index contributed by atoms with van der Waals surface area (Å²) in [5.41, 5.74) is 3.11. The van der Waals surface area contributed by atoms with E-state index in [0.29, 0.717) is 15.7 Å². The van der Waals surface area contributed by atoms with E-state index in [1.54, 1.807) is 0 Å². The first kappa shape index (κ1) is 21.0. The lowest BCUT2D eigenvalue weighted by molar-refractivity contribution is 0.0603. The van der Waals surface area contributed by atoms with Crippen LogP contribution in [-0.2, 0) is 4.74 Å². The van der Waals surface area contributed by atoms with Gasteiger partial charge in [-0.15, -0.1) is 11.3 Å². The largest absolute Gasteiger partial charge is 0.465 e. The highest BCUT2D eigenvalue weighted by atomic mass is 79.9. The fourth-order valence-corrected chi connectivity index (χ4v) is 5.22. The average molecular weight is 540 g/mol. The number of carbonyl (C=O) groups is 1. The molecular formula is C20H16Br2N2O2S2. The maximum Gasteiger partial charge on any atom is 0.341 e. The zero-order chi connectivity index (χ0) is 20.3. The van der Waals surface area contributed by atoms with Crippen LogP contribution in [0.5, 0.6) is 0 Å². The number of rotatable bonds is 4. The van der Waals surface area contributed by atoms with E-state index in [0.717, 1.165) is 30.6 Å². The van der Waals surface area contributed by atoms with Gasteiger partial charge in [-0.3, -0.25) is 0 Å². The summed E-state index contributed by atoms with van der Waals surface area (Å²) >= 11 is 13.9. The van der Waals surface area contributed by atoms with Gasteiger partial charge in [0.05, 0.1) is 12.8 Å². The first-order valence-electron chi connectivity index (χ1n) is 8.21. The van der Waals surface area contributed by atoms with Crippen LogP contribution in [0.4, 0.5) is 10.7 Å². The summed E-state index contributed by atoms with van der Waals surface area (Å²) < 4.78 is 6.86. The van der Waals surface area contributed by atoms with Gasteiger partial charge in [-0.05, 0) is 58.8 Å². The van der Waals surface area contributed by atoms with Gasteiger partial charge in [-0.1, -0.05) is 46.3 Å². The van der Waals surface area contributed by atoms with E-state index in [1.165, 1.54) is 18.4 Å². The average Bonchev–Trinajstić information content (AvgIpc) is 2.99. The number of methoxy groups -OCH3 is 1. The third-order valence-electron chi connectivity index (χ3n) is 3.94. The zero-order valence-corrected chi connectivity index (χ0v) is 19.8. The number of aryl methyl sites for hydroxylation is 1. The monoisotopic (exact) mass is 538 g/mol. The van der Waals surface area contributed by atoms with E-state index in [2.05, 4.69) is 42.5 Å². The fourth-order valence-electron chi connectivity index (χ4n) is 2.73. The predicted molar refractivity (Wildman–Crippen MR) is 128 cm³/mol. The first-order chi connectivity index (χ1) is 13.4. The van der Waals surface area contributed by atoms with Crippen LogP contribution in [-0.4, -0.2) is 18.2 Å². The molecule has 0 bridgehead atoms. The summed E-state index contributed by atoms with van der Waals surface area (Å²) in [6.45, 7) is 1.98. The lowest BCUT2D eigenvalue weighted by Crippen LogP contribution is -2.20. The number of benzene rings is 2. The van der Waals surface area contributed by atoms with Crippen LogP contribution in [0.1, 0.15) is 15.2 Å². The molecule has 0 aliphatic rings. The number of nitrogens with one attached hydrogen (secondary N) is 2. The normalized spacial score (nSPS) is 10.4. The highest BCUT2D eigenvalue weighted by Crippen LogP contribution is 2.40. The van der Waals surface area contributed by atoms with E-state index in [4.69, 9.17) is 17.0 Å². The molecule has 2 aromatic carbocycles. The van der Waals surface area contributed by atoms with Crippen molar-refractivity contribution in [1.29, 1.82) is 0 Å². The third kappa shape index (κ3) is 4.63. The van der Waals surface area contributed by atoms with Gasteiger partial charge in [0.25, 0.3) is 0 Å². The van der Waals surface area contributed by atoms with Gasteiger partial charge in [-0.25, -0.2) is 4.79 Å². The molecule has 4 nitrogen and oxygen atoms in total. The molecule has 3 aromatic rings. The molecule has 0 unspecified atom stereocenters. The number of halogens is 2. The number of anilines is 2. The van der Waals surface area contributed by atoms with Crippen molar-refractivity contribution in [2.24, 2.45) is 0 Å². The number of hydrogen-bond acceptors (Lipinski definition) is 4. The maximum absolute atomic E-state index is 12.5. The quantitative estimate of drug-likeness (QED) is 0.280. The Labute approximate surface area is 189 Å². The van der Waals surface area contributed by atoms with Gasteiger partial charge in [0.1, 0.15) is 10.6 Å². The van der Waals surface area contributed by atoms with Crippen molar-refractivity contribution < 1.29 is 9.53 Å². The Hall–Kier alpha value is -1.74. The topological polar surface area (TPSA) is 50.4 Å². The molecule has 0 aliphatic carbocycles. The van der Waals surface area contributed by atoms with E-state index >= 15 is 0 Å². The van der Waals surface area contributed by atoms with E-state index in [-0.39, 0.29) is 0 Å². The molecule has 0 aliphatic heterocycles. The summed E-state index contributed by atoms with van der Waals surface area (Å²) in [5.74, 6) is -0.404. The van der Waals surface area contributed by atoms with Crippen LogP contribution in [0.25, 0.3) is 11.1 Å². The van der Waals surface area contributed by atoms with Crippen molar-refractivity contribution in [2.45, 2.75) is 6.92 Å². The number of esters is 1. The molecule has 3 rings (SSSR count). The number of hydrogen-bond donors (Lipinski definition) is 2. The summed E-state index contributed by atoms with van der Waals surface area (Å²) in [4.78, 5) is 13.5. The van der Waals surface area contributed by atoms with Crippen LogP contribution in [0.3, 0.4) is 0 Å². The van der Waals surface area contributed by atoms with Crippen LogP contribution in [0.2, 0.25) is 0 Å². The Morgan fingerprint density at radius 1 is 1.11 bits per heavy atom. The van der Waals surface area contributed by atoms with Gasteiger partial charge in [0.2, 0.25) is 0 Å². The lowest BCUT2D eigenvalue weighted by Gasteiger charge is -2.12. The Balaban J connectivity index is 1.93. The second-order valence-electron chi connectivity index (χ2n) is 5.80. The molecule has 0 radical (unpaired) electrons. The predicted octanol–water partition coefficient (Wildman–Crippen LogP) is 6.84. The standard InChI is InChI=1S/C20H16Br2N2O2S2/c1-11-16(12-6-4-3-5-7-12)17(19(25)26-2)18(28-11)24-20(27)23-15-9-8-13(21)10-14(15)22/h3-10H,1-2H3,(H2,23,24,27). The smallest absolute Gasteiger partial charge is 0.341 e. The van der Waals surface area contributed by atoms with Gasteiger partial charge < -0.3 is 15.4 Å². The Kier molecular flexibility index (Phi) is 6.87. The van der Waals surface area contributed by atoms with Gasteiger partial charge in [-0.2, -0.15) is 0 Å². The molecule has 8 heteroatoms. The van der Waals surface area contributed by atoms with Gasteiger partial charge in [0.15, 0.2) is 5.11 Å². The molecule has 28 heavy (non-hydrogen) atoms. The molecule has 1 heterocycles. The number of ether oxygens (including phenoxy) is 1. The minimum Gasteiger partial charge on any atom is -0.465 e. The zero-order valence-electron chi connectivity index (χ0n) is 15.0. The minimum atomic E-state index is -0.404. The summed E-state index contributed by atoms with van der Waals surface area (Å²) in [5, 5.41) is 7.33. The second kappa shape index (κ2) is 9.17. The van der Waals surface area contributed by atoms with Crippen molar-refractivity contribution >= 4 is 77.2 Å². The van der Waals surface area contributed by atoms with Gasteiger partial charge >= 0.3 is 5.97 Å². The first-order valence-corrected chi connectivity index (χ1v) is 11.0. The molecular weight excluding hydrogens is 524 g/mol. The third-order valence-corrected chi connectivity index (χ3v) is 6.32. The Morgan fingerprint density at radius 2 is 1.82 bits per heavy atom. The number of thiocarbonyl (C=S) groups is 1.